The summed E-state index contributed by atoms with van der Waals surface area (Å²) in [5, 5.41) is 6.45. The zero-order chi connectivity index (χ0) is 18.9. The highest BCUT2D eigenvalue weighted by atomic mass is 32.1. The van der Waals surface area contributed by atoms with Crippen molar-refractivity contribution in [1.82, 2.24) is 15.5 Å². The molecule has 0 unspecified atom stereocenters. The largest absolute Gasteiger partial charge is 0.434 e. The van der Waals surface area contributed by atoms with Crippen molar-refractivity contribution in [2.75, 3.05) is 14.1 Å². The summed E-state index contributed by atoms with van der Waals surface area (Å²) in [4.78, 5) is 14.1. The molecule has 2 N–H and O–H groups in total. The summed E-state index contributed by atoms with van der Waals surface area (Å²) in [7, 11) is 3.34. The van der Waals surface area contributed by atoms with Crippen LogP contribution in [0, 0.1) is 13.8 Å². The summed E-state index contributed by atoms with van der Waals surface area (Å²) < 4.78 is 29.7. The van der Waals surface area contributed by atoms with Gasteiger partial charge >= 0.3 is 6.61 Å². The maximum Gasteiger partial charge on any atom is 0.387 e. The molecule has 25 heavy (non-hydrogen) atoms. The number of aryl methyl sites for hydroxylation is 2. The number of nitrogens with zero attached hydrogens (tertiary/aromatic N) is 1. The Balaban J connectivity index is 2.52. The van der Waals surface area contributed by atoms with Gasteiger partial charge in [0.05, 0.1) is 11.6 Å². The van der Waals surface area contributed by atoms with Crippen molar-refractivity contribution in [3.8, 4) is 5.75 Å². The molecule has 5 nitrogen and oxygen atoms in total. The molecule has 1 heterocycles. The van der Waals surface area contributed by atoms with Crippen LogP contribution in [0.1, 0.15) is 29.7 Å². The lowest BCUT2D eigenvalue weighted by Crippen LogP contribution is -2.46. The summed E-state index contributed by atoms with van der Waals surface area (Å²) in [6, 6.07) is 2.99. The molecule has 8 heteroatoms. The molecule has 0 saturated heterocycles. The van der Waals surface area contributed by atoms with Crippen LogP contribution >= 0.6 is 12.2 Å². The third kappa shape index (κ3) is 4.07. The van der Waals surface area contributed by atoms with E-state index in [1.807, 2.05) is 0 Å². The monoisotopic (exact) mass is 369 g/mol. The fourth-order valence-corrected chi connectivity index (χ4v) is 3.16. The van der Waals surface area contributed by atoms with Gasteiger partial charge in [-0.25, -0.2) is 0 Å². The van der Waals surface area contributed by atoms with Gasteiger partial charge in [-0.1, -0.05) is 0 Å². The topological polar surface area (TPSA) is 53.6 Å². The van der Waals surface area contributed by atoms with Gasteiger partial charge in [0.2, 0.25) is 0 Å². The van der Waals surface area contributed by atoms with Crippen LogP contribution in [-0.4, -0.2) is 36.6 Å². The average molecular weight is 369 g/mol. The highest BCUT2D eigenvalue weighted by molar-refractivity contribution is 7.80. The number of hydrogen-bond donors (Lipinski definition) is 2. The van der Waals surface area contributed by atoms with Crippen LogP contribution in [-0.2, 0) is 4.79 Å². The van der Waals surface area contributed by atoms with E-state index in [1.54, 1.807) is 47.0 Å². The molecule has 0 saturated carbocycles. The van der Waals surface area contributed by atoms with Crippen molar-refractivity contribution in [3.63, 3.8) is 0 Å². The van der Waals surface area contributed by atoms with Gasteiger partial charge in [0.1, 0.15) is 5.75 Å². The van der Waals surface area contributed by atoms with Crippen LogP contribution in [0.25, 0.3) is 0 Å². The van der Waals surface area contributed by atoms with Crippen molar-refractivity contribution < 1.29 is 18.3 Å². The third-order valence-corrected chi connectivity index (χ3v) is 4.15. The fraction of sp³-hybridized carbons (Fsp3) is 0.412. The Bertz CT molecular complexity index is 724. The normalized spacial score (nSPS) is 17.3. The van der Waals surface area contributed by atoms with Crippen LogP contribution in [0.3, 0.4) is 0 Å². The Kier molecular flexibility index (Phi) is 5.62. The average Bonchev–Trinajstić information content (AvgIpc) is 2.49. The molecule has 2 rings (SSSR count). The molecule has 1 aromatic rings. The van der Waals surface area contributed by atoms with E-state index in [2.05, 4.69) is 15.4 Å². The summed E-state index contributed by atoms with van der Waals surface area (Å²) in [5.41, 5.74) is 3.08. The van der Waals surface area contributed by atoms with Gasteiger partial charge in [-0.15, -0.1) is 0 Å². The van der Waals surface area contributed by atoms with E-state index in [-0.39, 0.29) is 11.7 Å². The van der Waals surface area contributed by atoms with Crippen molar-refractivity contribution >= 4 is 23.2 Å². The Morgan fingerprint density at radius 2 is 1.80 bits per heavy atom. The van der Waals surface area contributed by atoms with Crippen molar-refractivity contribution in [3.05, 3.63) is 40.1 Å². The third-order valence-electron chi connectivity index (χ3n) is 3.93. The number of likely N-dealkylation sites (N-methyl/N-ethyl adjacent to an activating group) is 1. The number of nitrogens with one attached hydrogen (secondary N) is 2. The molecule has 0 spiro atoms. The quantitative estimate of drug-likeness (QED) is 0.800. The molecule has 0 bridgehead atoms. The minimum atomic E-state index is -2.89. The van der Waals surface area contributed by atoms with Crippen molar-refractivity contribution in [2.24, 2.45) is 0 Å². The molecular weight excluding hydrogens is 348 g/mol. The Morgan fingerprint density at radius 1 is 1.24 bits per heavy atom. The lowest BCUT2D eigenvalue weighted by atomic mass is 9.92. The van der Waals surface area contributed by atoms with Crippen molar-refractivity contribution in [1.29, 1.82) is 0 Å². The first-order valence-corrected chi connectivity index (χ1v) is 8.08. The predicted molar refractivity (Wildman–Crippen MR) is 95.6 cm³/mol. The second-order valence-corrected chi connectivity index (χ2v) is 6.54. The number of hydrogen-bond acceptors (Lipinski definition) is 3. The molecule has 0 fully saturated rings. The zero-order valence-corrected chi connectivity index (χ0v) is 15.6. The number of allylic oxidation sites excluding steroid dienone is 1. The number of alkyl halides is 2. The number of carbonyl (C=O) groups is 1. The van der Waals surface area contributed by atoms with Gasteiger partial charge in [-0.3, -0.25) is 4.79 Å². The van der Waals surface area contributed by atoms with Gasteiger partial charge < -0.3 is 20.3 Å². The van der Waals surface area contributed by atoms with E-state index in [0.717, 1.165) is 5.56 Å². The Morgan fingerprint density at radius 3 is 2.28 bits per heavy atom. The van der Waals surface area contributed by atoms with E-state index in [4.69, 9.17) is 12.2 Å². The first-order valence-electron chi connectivity index (χ1n) is 7.67. The molecular formula is C17H21F2N3O2S. The molecule has 0 aliphatic carbocycles. The molecule has 1 aliphatic rings. The molecule has 0 radical (unpaired) electrons. The summed E-state index contributed by atoms with van der Waals surface area (Å²) in [6.45, 7) is 2.28. The number of ether oxygens (including phenoxy) is 1. The zero-order valence-electron chi connectivity index (χ0n) is 14.7. The first kappa shape index (κ1) is 19.1. The van der Waals surface area contributed by atoms with Crippen LogP contribution in [0.15, 0.2) is 23.4 Å². The van der Waals surface area contributed by atoms with E-state index in [1.165, 1.54) is 4.90 Å². The van der Waals surface area contributed by atoms with Crippen LogP contribution in [0.4, 0.5) is 8.78 Å². The SMILES string of the molecule is CC1=C(C(=O)N(C)C)[C@H](c2cc(C)c(OC(F)F)c(C)c2)NC(=S)N1. The number of thiocarbonyl (C=S) groups is 1. The molecule has 1 aliphatic heterocycles. The predicted octanol–water partition coefficient (Wildman–Crippen LogP) is 2.79. The first-order chi connectivity index (χ1) is 11.6. The number of amides is 1. The standard InChI is InChI=1S/C17H21F2N3O2S/c1-8-6-11(7-9(2)14(8)24-16(18)19)13-12(15(23)22(4)5)10(3)20-17(25)21-13/h6-7,13,16H,1-5H3,(H2,20,21,25)/t13-/m0/s1. The van der Waals surface area contributed by atoms with Crippen LogP contribution in [0.5, 0.6) is 5.75 Å². The minimum absolute atomic E-state index is 0.149. The molecule has 1 amide bonds. The molecule has 1 atom stereocenters. The minimum Gasteiger partial charge on any atom is -0.434 e. The number of carbonyl (C=O) groups excluding carboxylic acids is 1. The molecule has 0 aromatic heterocycles. The number of halogens is 2. The highest BCUT2D eigenvalue weighted by Gasteiger charge is 2.31. The maximum absolute atomic E-state index is 12.6. The Labute approximate surface area is 151 Å². The molecule has 1 aromatic carbocycles. The van der Waals surface area contributed by atoms with E-state index in [9.17, 15) is 13.6 Å². The second kappa shape index (κ2) is 7.35. The number of benzene rings is 1. The smallest absolute Gasteiger partial charge is 0.387 e. The van der Waals surface area contributed by atoms with E-state index in [0.29, 0.717) is 27.5 Å². The maximum atomic E-state index is 12.6. The van der Waals surface area contributed by atoms with E-state index < -0.39 is 12.7 Å². The van der Waals surface area contributed by atoms with Crippen LogP contribution < -0.4 is 15.4 Å². The molecule has 136 valence electrons. The number of rotatable bonds is 4. The van der Waals surface area contributed by atoms with Crippen LogP contribution in [0.2, 0.25) is 0 Å². The van der Waals surface area contributed by atoms with Gasteiger partial charge in [-0.05, 0) is 61.8 Å². The summed E-state index contributed by atoms with van der Waals surface area (Å²) in [6.07, 6.45) is 0. The van der Waals surface area contributed by atoms with Crippen molar-refractivity contribution in [2.45, 2.75) is 33.4 Å². The van der Waals surface area contributed by atoms with Gasteiger partial charge in [-0.2, -0.15) is 8.78 Å². The van der Waals surface area contributed by atoms with E-state index >= 15 is 0 Å². The summed E-state index contributed by atoms with van der Waals surface area (Å²) >= 11 is 5.21. The second-order valence-electron chi connectivity index (χ2n) is 6.13. The van der Waals surface area contributed by atoms with Gasteiger partial charge in [0.15, 0.2) is 5.11 Å². The fourth-order valence-electron chi connectivity index (χ4n) is 2.89. The van der Waals surface area contributed by atoms with Gasteiger partial charge in [0.25, 0.3) is 5.91 Å². The lowest BCUT2D eigenvalue weighted by molar-refractivity contribution is -0.125. The van der Waals surface area contributed by atoms with Gasteiger partial charge in [0, 0.05) is 19.8 Å². The summed E-state index contributed by atoms with van der Waals surface area (Å²) in [5.74, 6) is -0.00957. The lowest BCUT2D eigenvalue weighted by Gasteiger charge is -2.32. The Hall–Kier alpha value is -2.22. The highest BCUT2D eigenvalue weighted by Crippen LogP contribution is 2.33.